The second-order valence-electron chi connectivity index (χ2n) is 4.00. The van der Waals surface area contributed by atoms with E-state index in [0.717, 1.165) is 0 Å². The van der Waals surface area contributed by atoms with E-state index in [9.17, 15) is 18.4 Å². The number of carbonyl (C=O) groups excluding carboxylic acids is 1. The number of hydrogen-bond donors (Lipinski definition) is 1. The lowest BCUT2D eigenvalue weighted by Gasteiger charge is -2.30. The molecule has 1 N–H and O–H groups in total. The quantitative estimate of drug-likeness (QED) is 0.749. The molecule has 1 saturated carbocycles. The molecule has 1 amide bonds. The number of carbonyl (C=O) groups is 2. The Bertz CT molecular complexity index is 400. The van der Waals surface area contributed by atoms with Crippen LogP contribution in [0.5, 0.6) is 0 Å². The van der Waals surface area contributed by atoms with E-state index in [1.807, 2.05) is 0 Å². The second kappa shape index (κ2) is 4.20. The van der Waals surface area contributed by atoms with E-state index in [-0.39, 0.29) is 6.61 Å². The van der Waals surface area contributed by atoms with Crippen molar-refractivity contribution in [1.82, 2.24) is 4.90 Å². The zero-order chi connectivity index (χ0) is 13.5. The zero-order valence-corrected chi connectivity index (χ0v) is 9.21. The molecule has 2 aliphatic rings. The average molecular weight is 263 g/mol. The number of rotatable bonds is 3. The van der Waals surface area contributed by atoms with Gasteiger partial charge in [0.15, 0.2) is 6.04 Å². The van der Waals surface area contributed by atoms with Crippen LogP contribution in [0.2, 0.25) is 0 Å². The molecule has 0 radical (unpaired) electrons. The number of hydrogen-bond acceptors (Lipinski definition) is 4. The van der Waals surface area contributed by atoms with Gasteiger partial charge in [-0.15, -0.1) is 0 Å². The Labute approximate surface area is 101 Å². The molecule has 0 aromatic carbocycles. The van der Waals surface area contributed by atoms with Gasteiger partial charge in [-0.2, -0.15) is 0 Å². The molecule has 6 nitrogen and oxygen atoms in total. The van der Waals surface area contributed by atoms with Gasteiger partial charge in [0.05, 0.1) is 6.61 Å². The third-order valence-corrected chi connectivity index (χ3v) is 2.84. The highest BCUT2D eigenvalue weighted by Crippen LogP contribution is 2.51. The molecule has 0 spiro atoms. The number of amides is 1. The molecule has 0 aromatic heterocycles. The van der Waals surface area contributed by atoms with Crippen LogP contribution in [0.3, 0.4) is 0 Å². The average Bonchev–Trinajstić information content (AvgIpc) is 2.88. The fourth-order valence-corrected chi connectivity index (χ4v) is 1.92. The van der Waals surface area contributed by atoms with Crippen molar-refractivity contribution in [1.29, 1.82) is 0 Å². The Kier molecular flexibility index (Phi) is 2.97. The van der Waals surface area contributed by atoms with E-state index in [0.29, 0.717) is 4.90 Å². The number of nitrogens with zero attached hydrogens (tertiary/aromatic N) is 1. The minimum absolute atomic E-state index is 0.175. The topological polar surface area (TPSA) is 76.1 Å². The maximum Gasteiger partial charge on any atom is 0.411 e. The van der Waals surface area contributed by atoms with Crippen LogP contribution in [0.25, 0.3) is 0 Å². The van der Waals surface area contributed by atoms with Crippen LogP contribution in [-0.2, 0) is 14.3 Å². The van der Waals surface area contributed by atoms with Gasteiger partial charge in [-0.25, -0.2) is 18.4 Å². The number of halogens is 2. The van der Waals surface area contributed by atoms with Gasteiger partial charge in [-0.1, -0.05) is 12.7 Å². The molecule has 0 bridgehead atoms. The molecule has 1 heterocycles. The molecule has 8 heteroatoms. The van der Waals surface area contributed by atoms with E-state index in [4.69, 9.17) is 9.84 Å². The minimum Gasteiger partial charge on any atom is -0.480 e. The summed E-state index contributed by atoms with van der Waals surface area (Å²) < 4.78 is 35.9. The van der Waals surface area contributed by atoms with Crippen LogP contribution in [0, 0.1) is 0 Å². The van der Waals surface area contributed by atoms with Gasteiger partial charge >= 0.3 is 12.1 Å². The van der Waals surface area contributed by atoms with Crippen molar-refractivity contribution in [3.05, 3.63) is 12.7 Å². The highest BCUT2D eigenvalue weighted by atomic mass is 19.3. The van der Waals surface area contributed by atoms with Crippen molar-refractivity contribution in [3.8, 4) is 0 Å². The summed E-state index contributed by atoms with van der Waals surface area (Å²) in [5, 5.41) is 8.89. The molecule has 3 unspecified atom stereocenters. The Hall–Kier alpha value is -1.70. The lowest BCUT2D eigenvalue weighted by Crippen LogP contribution is -2.53. The third kappa shape index (κ3) is 1.82. The molecular weight excluding hydrogens is 252 g/mol. The number of fused-ring (bicyclic) bond motifs is 1. The molecule has 18 heavy (non-hydrogen) atoms. The van der Waals surface area contributed by atoms with Crippen LogP contribution in [0.4, 0.5) is 13.6 Å². The highest BCUT2D eigenvalue weighted by Gasteiger charge is 2.77. The van der Waals surface area contributed by atoms with Gasteiger partial charge < -0.3 is 14.6 Å². The molecule has 3 atom stereocenters. The zero-order valence-electron chi connectivity index (χ0n) is 9.21. The van der Waals surface area contributed by atoms with Crippen molar-refractivity contribution in [2.24, 2.45) is 0 Å². The number of carboxylic acids is 1. The summed E-state index contributed by atoms with van der Waals surface area (Å²) in [6, 6.07) is -3.03. The number of aliphatic carboxylic acids is 1. The first-order chi connectivity index (χ1) is 8.41. The van der Waals surface area contributed by atoms with E-state index in [2.05, 4.69) is 11.3 Å². The van der Waals surface area contributed by atoms with Gasteiger partial charge in [0.2, 0.25) is 0 Å². The van der Waals surface area contributed by atoms with Gasteiger partial charge in [0.1, 0.15) is 18.8 Å². The van der Waals surface area contributed by atoms with Crippen LogP contribution in [-0.4, -0.2) is 59.4 Å². The van der Waals surface area contributed by atoms with Crippen LogP contribution in [0.15, 0.2) is 12.7 Å². The molecule has 0 aromatic rings. The molecule has 2 fully saturated rings. The second-order valence-corrected chi connectivity index (χ2v) is 4.00. The van der Waals surface area contributed by atoms with Crippen molar-refractivity contribution in [3.63, 3.8) is 0 Å². The molecule has 1 saturated heterocycles. The Morgan fingerprint density at radius 2 is 2.28 bits per heavy atom. The van der Waals surface area contributed by atoms with Crippen molar-refractivity contribution < 1.29 is 33.0 Å². The summed E-state index contributed by atoms with van der Waals surface area (Å²) in [4.78, 5) is 23.1. The molecule has 1 aliphatic carbocycles. The monoisotopic (exact) mass is 263 g/mol. The maximum atomic E-state index is 13.3. The number of ether oxygens (including phenoxy) is 2. The molecule has 100 valence electrons. The summed E-state index contributed by atoms with van der Waals surface area (Å²) in [5.74, 6) is -4.64. The third-order valence-electron chi connectivity index (χ3n) is 2.84. The van der Waals surface area contributed by atoms with E-state index < -0.39 is 42.8 Å². The predicted octanol–water partition coefficient (Wildman–Crippen LogP) is 0.480. The summed E-state index contributed by atoms with van der Waals surface area (Å²) >= 11 is 0. The summed E-state index contributed by atoms with van der Waals surface area (Å²) in [6.45, 7) is 2.65. The Morgan fingerprint density at radius 1 is 1.61 bits per heavy atom. The van der Waals surface area contributed by atoms with Crippen molar-refractivity contribution >= 4 is 12.1 Å². The summed E-state index contributed by atoms with van der Waals surface area (Å²) in [6.07, 6.45) is -1.28. The highest BCUT2D eigenvalue weighted by molar-refractivity contribution is 5.81. The predicted molar refractivity (Wildman–Crippen MR) is 53.3 cm³/mol. The smallest absolute Gasteiger partial charge is 0.411 e. The van der Waals surface area contributed by atoms with Gasteiger partial charge in [0, 0.05) is 0 Å². The fraction of sp³-hybridized carbons (Fsp3) is 0.600. The lowest BCUT2D eigenvalue weighted by molar-refractivity contribution is -0.148. The lowest BCUT2D eigenvalue weighted by atomic mass is 10.2. The first-order valence-corrected chi connectivity index (χ1v) is 5.19. The first-order valence-electron chi connectivity index (χ1n) is 5.19. The SMILES string of the molecule is C=CCOC(=O)N1C(C(=O)O)COC2C1C2(F)F. The van der Waals surface area contributed by atoms with Gasteiger partial charge in [-0.05, 0) is 0 Å². The summed E-state index contributed by atoms with van der Waals surface area (Å²) in [5.41, 5.74) is 0. The molecule has 1 aliphatic heterocycles. The normalized spacial score (nSPS) is 32.3. The summed E-state index contributed by atoms with van der Waals surface area (Å²) in [7, 11) is 0. The maximum absolute atomic E-state index is 13.3. The van der Waals surface area contributed by atoms with Gasteiger partial charge in [0.25, 0.3) is 5.92 Å². The van der Waals surface area contributed by atoms with Crippen LogP contribution >= 0.6 is 0 Å². The fourth-order valence-electron chi connectivity index (χ4n) is 1.92. The number of alkyl halides is 2. The first kappa shape index (κ1) is 12.7. The molecular formula is C10H11F2NO5. The molecule has 2 rings (SSSR count). The largest absolute Gasteiger partial charge is 0.480 e. The van der Waals surface area contributed by atoms with E-state index in [1.54, 1.807) is 0 Å². The van der Waals surface area contributed by atoms with E-state index >= 15 is 0 Å². The standard InChI is InChI=1S/C10H11F2NO5/c1-2-3-17-9(16)13-5(8(14)15)4-18-7-6(13)10(7,11)12/h2,5-7H,1,3-4H2,(H,14,15). The van der Waals surface area contributed by atoms with Crippen molar-refractivity contribution in [2.75, 3.05) is 13.2 Å². The number of carboxylic acid groups (broad SMARTS) is 1. The Balaban J connectivity index is 2.17. The van der Waals surface area contributed by atoms with Gasteiger partial charge in [-0.3, -0.25) is 4.90 Å². The van der Waals surface area contributed by atoms with E-state index in [1.165, 1.54) is 6.08 Å². The van der Waals surface area contributed by atoms with Crippen LogP contribution in [0.1, 0.15) is 0 Å². The Morgan fingerprint density at radius 3 is 2.83 bits per heavy atom. The van der Waals surface area contributed by atoms with Crippen LogP contribution < -0.4 is 0 Å². The minimum atomic E-state index is -3.22. The number of morpholine rings is 1. The van der Waals surface area contributed by atoms with Crippen molar-refractivity contribution in [2.45, 2.75) is 24.1 Å².